The maximum Gasteiger partial charge on any atom is 0.164 e. The van der Waals surface area contributed by atoms with Gasteiger partial charge in [0.1, 0.15) is 11.2 Å². The van der Waals surface area contributed by atoms with E-state index >= 15 is 0 Å². The van der Waals surface area contributed by atoms with Crippen molar-refractivity contribution in [3.05, 3.63) is 152 Å². The number of hydrogen-bond donors (Lipinski definition) is 0. The van der Waals surface area contributed by atoms with Gasteiger partial charge in [-0.1, -0.05) is 115 Å². The van der Waals surface area contributed by atoms with E-state index in [9.17, 15) is 0 Å². The molecular formula is C41H25N3O. The largest absolute Gasteiger partial charge is 0.456 e. The van der Waals surface area contributed by atoms with Crippen LogP contribution in [0.25, 0.3) is 88.8 Å². The van der Waals surface area contributed by atoms with Crippen molar-refractivity contribution in [3.63, 3.8) is 0 Å². The molecule has 7 aromatic carbocycles. The minimum absolute atomic E-state index is 0.640. The average Bonchev–Trinajstić information content (AvgIpc) is 3.47. The molecule has 0 atom stereocenters. The van der Waals surface area contributed by atoms with Crippen LogP contribution in [-0.2, 0) is 0 Å². The van der Waals surface area contributed by atoms with Crippen LogP contribution in [-0.4, -0.2) is 15.0 Å². The van der Waals surface area contributed by atoms with E-state index in [1.54, 1.807) is 0 Å². The quantitative estimate of drug-likeness (QED) is 0.209. The van der Waals surface area contributed by atoms with E-state index in [-0.39, 0.29) is 0 Å². The molecule has 9 rings (SSSR count). The molecule has 0 saturated carbocycles. The zero-order valence-electron chi connectivity index (χ0n) is 24.2. The fourth-order valence-electron chi connectivity index (χ4n) is 6.16. The molecule has 0 aliphatic rings. The van der Waals surface area contributed by atoms with Gasteiger partial charge in [0, 0.05) is 27.5 Å². The fourth-order valence-corrected chi connectivity index (χ4v) is 6.16. The smallest absolute Gasteiger partial charge is 0.164 e. The van der Waals surface area contributed by atoms with Crippen LogP contribution in [0.4, 0.5) is 0 Å². The Kier molecular flexibility index (Phi) is 5.78. The summed E-state index contributed by atoms with van der Waals surface area (Å²) in [6.45, 7) is 0. The van der Waals surface area contributed by atoms with Gasteiger partial charge in [0.2, 0.25) is 0 Å². The molecule has 0 spiro atoms. The van der Waals surface area contributed by atoms with Crippen molar-refractivity contribution in [1.82, 2.24) is 15.0 Å². The predicted molar refractivity (Wildman–Crippen MR) is 184 cm³/mol. The van der Waals surface area contributed by atoms with Crippen LogP contribution in [0.5, 0.6) is 0 Å². The first-order valence-electron chi connectivity index (χ1n) is 15.0. The highest BCUT2D eigenvalue weighted by Crippen LogP contribution is 2.35. The van der Waals surface area contributed by atoms with Gasteiger partial charge in [-0.05, 0) is 69.1 Å². The molecular weight excluding hydrogens is 550 g/mol. The fraction of sp³-hybridized carbons (Fsp3) is 0. The average molecular weight is 576 g/mol. The van der Waals surface area contributed by atoms with Crippen LogP contribution in [0.3, 0.4) is 0 Å². The highest BCUT2D eigenvalue weighted by atomic mass is 16.3. The number of para-hydroxylation sites is 1. The third-order valence-corrected chi connectivity index (χ3v) is 8.46. The van der Waals surface area contributed by atoms with E-state index < -0.39 is 0 Å². The Hall–Kier alpha value is -6.13. The van der Waals surface area contributed by atoms with Gasteiger partial charge in [0.25, 0.3) is 0 Å². The van der Waals surface area contributed by atoms with Gasteiger partial charge in [0.05, 0.1) is 0 Å². The van der Waals surface area contributed by atoms with Crippen LogP contribution in [0, 0.1) is 0 Å². The summed E-state index contributed by atoms with van der Waals surface area (Å²) in [5.41, 5.74) is 6.88. The summed E-state index contributed by atoms with van der Waals surface area (Å²) in [6.07, 6.45) is 0. The number of benzene rings is 7. The van der Waals surface area contributed by atoms with Gasteiger partial charge in [-0.25, -0.2) is 15.0 Å². The molecule has 0 saturated heterocycles. The zero-order valence-corrected chi connectivity index (χ0v) is 24.2. The molecule has 0 aliphatic heterocycles. The molecule has 210 valence electrons. The molecule has 45 heavy (non-hydrogen) atoms. The molecule has 0 radical (unpaired) electrons. The van der Waals surface area contributed by atoms with Crippen LogP contribution < -0.4 is 0 Å². The maximum atomic E-state index is 6.13. The van der Waals surface area contributed by atoms with Crippen molar-refractivity contribution >= 4 is 43.5 Å². The summed E-state index contributed by atoms with van der Waals surface area (Å²) in [5, 5.41) is 6.91. The Balaban J connectivity index is 1.17. The van der Waals surface area contributed by atoms with Crippen LogP contribution in [0.15, 0.2) is 156 Å². The number of rotatable bonds is 4. The minimum atomic E-state index is 0.640. The lowest BCUT2D eigenvalue weighted by atomic mass is 9.98. The minimum Gasteiger partial charge on any atom is -0.456 e. The Morgan fingerprint density at radius 1 is 0.311 bits per heavy atom. The van der Waals surface area contributed by atoms with Crippen molar-refractivity contribution in [2.24, 2.45) is 0 Å². The topological polar surface area (TPSA) is 51.8 Å². The Morgan fingerprint density at radius 3 is 1.76 bits per heavy atom. The van der Waals surface area contributed by atoms with Crippen LogP contribution in [0.1, 0.15) is 0 Å². The van der Waals surface area contributed by atoms with E-state index in [4.69, 9.17) is 19.4 Å². The second-order valence-electron chi connectivity index (χ2n) is 11.3. The molecule has 4 nitrogen and oxygen atoms in total. The number of aromatic nitrogens is 3. The summed E-state index contributed by atoms with van der Waals surface area (Å²) < 4.78 is 6.13. The molecule has 4 heteroatoms. The lowest BCUT2D eigenvalue weighted by Crippen LogP contribution is -2.00. The lowest BCUT2D eigenvalue weighted by Gasteiger charge is -2.10. The van der Waals surface area contributed by atoms with Gasteiger partial charge in [0.15, 0.2) is 17.5 Å². The maximum absolute atomic E-state index is 6.13. The molecule has 0 unspecified atom stereocenters. The Bertz CT molecular complexity index is 2550. The third kappa shape index (κ3) is 4.52. The number of fused-ring (bicyclic) bond motifs is 5. The first-order valence-corrected chi connectivity index (χ1v) is 15.0. The summed E-state index contributed by atoms with van der Waals surface area (Å²) in [7, 11) is 0. The van der Waals surface area contributed by atoms with Crippen LogP contribution >= 0.6 is 0 Å². The molecule has 9 aromatic rings. The number of furan rings is 1. The monoisotopic (exact) mass is 575 g/mol. The number of nitrogens with zero attached hydrogens (tertiary/aromatic N) is 3. The highest BCUT2D eigenvalue weighted by molar-refractivity contribution is 6.10. The molecule has 0 aliphatic carbocycles. The van der Waals surface area contributed by atoms with E-state index in [0.717, 1.165) is 60.5 Å². The van der Waals surface area contributed by atoms with E-state index in [1.807, 2.05) is 42.5 Å². The predicted octanol–water partition coefficient (Wildman–Crippen LogP) is 10.7. The number of hydrogen-bond acceptors (Lipinski definition) is 4. The second kappa shape index (κ2) is 10.2. The summed E-state index contributed by atoms with van der Waals surface area (Å²) in [6, 6.07) is 52.4. The summed E-state index contributed by atoms with van der Waals surface area (Å²) in [5.74, 6) is 1.94. The molecule has 0 bridgehead atoms. The van der Waals surface area contributed by atoms with Crippen molar-refractivity contribution in [3.8, 4) is 45.3 Å². The molecule has 2 heterocycles. The summed E-state index contributed by atoms with van der Waals surface area (Å²) >= 11 is 0. The molecule has 0 amide bonds. The SMILES string of the molecule is c1ccc(-c2nc(-c3cccc(-c4ccc5cc6oc7ccccc7c6cc5c4)c3)nc(-c3ccc4ccccc4c3)n2)cc1. The van der Waals surface area contributed by atoms with E-state index in [0.29, 0.717) is 17.5 Å². The van der Waals surface area contributed by atoms with Crippen molar-refractivity contribution in [2.45, 2.75) is 0 Å². The van der Waals surface area contributed by atoms with Crippen LogP contribution in [0.2, 0.25) is 0 Å². The molecule has 2 aromatic heterocycles. The van der Waals surface area contributed by atoms with E-state index in [2.05, 4.69) is 109 Å². The third-order valence-electron chi connectivity index (χ3n) is 8.46. The van der Waals surface area contributed by atoms with Gasteiger partial charge >= 0.3 is 0 Å². The van der Waals surface area contributed by atoms with Gasteiger partial charge < -0.3 is 4.42 Å². The van der Waals surface area contributed by atoms with Gasteiger partial charge in [-0.3, -0.25) is 0 Å². The van der Waals surface area contributed by atoms with Gasteiger partial charge in [-0.15, -0.1) is 0 Å². The first kappa shape index (κ1) is 25.4. The van der Waals surface area contributed by atoms with Crippen molar-refractivity contribution in [2.75, 3.05) is 0 Å². The second-order valence-corrected chi connectivity index (χ2v) is 11.3. The van der Waals surface area contributed by atoms with Crippen molar-refractivity contribution in [1.29, 1.82) is 0 Å². The standard InChI is InChI=1S/C41H25N3O/c1-2-10-27(11-3-1)39-42-40(44-41(43-39)33-20-17-26-9-4-5-12-28(26)21-33)32-14-8-13-29(22-32)30-18-19-31-25-38-36(24-34(31)23-30)35-15-6-7-16-37(35)45-38/h1-25H. The Labute approximate surface area is 259 Å². The summed E-state index contributed by atoms with van der Waals surface area (Å²) in [4.78, 5) is 14.9. The zero-order chi connectivity index (χ0) is 29.7. The van der Waals surface area contributed by atoms with Crippen molar-refractivity contribution < 1.29 is 4.42 Å². The lowest BCUT2D eigenvalue weighted by molar-refractivity contribution is 0.669. The molecule has 0 N–H and O–H groups in total. The Morgan fingerprint density at radius 2 is 0.889 bits per heavy atom. The van der Waals surface area contributed by atoms with Gasteiger partial charge in [-0.2, -0.15) is 0 Å². The van der Waals surface area contributed by atoms with E-state index in [1.165, 1.54) is 10.8 Å². The highest BCUT2D eigenvalue weighted by Gasteiger charge is 2.14. The first-order chi connectivity index (χ1) is 22.2. The normalized spacial score (nSPS) is 11.6. The molecule has 0 fully saturated rings.